The molecule has 2 heteroatoms. The van der Waals surface area contributed by atoms with Crippen LogP contribution in [0, 0.1) is 11.3 Å². The highest BCUT2D eigenvalue weighted by Crippen LogP contribution is 2.48. The van der Waals surface area contributed by atoms with Gasteiger partial charge in [0.25, 0.3) is 0 Å². The smallest absolute Gasteiger partial charge is 0.0283 e. The highest BCUT2D eigenvalue weighted by atomic mass is 35.5. The molecule has 72 valence electrons. The molecule has 0 saturated heterocycles. The standard InChI is InChI=1S/C11H15ClS/c1-11(8-12,9-4-5-9)7-10-3-2-6-13-10/h2-3,6,9H,4-5,7-8H2,1H3. The van der Waals surface area contributed by atoms with Crippen LogP contribution >= 0.6 is 22.9 Å². The van der Waals surface area contributed by atoms with Crippen molar-refractivity contribution >= 4 is 22.9 Å². The van der Waals surface area contributed by atoms with Crippen molar-refractivity contribution in [2.45, 2.75) is 26.2 Å². The highest BCUT2D eigenvalue weighted by molar-refractivity contribution is 7.09. The number of alkyl halides is 1. The first kappa shape index (κ1) is 9.54. The molecule has 0 aromatic carbocycles. The Balaban J connectivity index is 2.05. The zero-order valence-corrected chi connectivity index (χ0v) is 9.50. The molecule has 1 aliphatic rings. The highest BCUT2D eigenvalue weighted by Gasteiger charge is 2.40. The summed E-state index contributed by atoms with van der Waals surface area (Å²) in [7, 11) is 0. The van der Waals surface area contributed by atoms with Crippen LogP contribution in [0.1, 0.15) is 24.6 Å². The zero-order valence-electron chi connectivity index (χ0n) is 7.92. The predicted molar refractivity (Wildman–Crippen MR) is 59.6 cm³/mol. The Labute approximate surface area is 88.9 Å². The van der Waals surface area contributed by atoms with E-state index < -0.39 is 0 Å². The topological polar surface area (TPSA) is 0 Å². The molecule has 2 rings (SSSR count). The summed E-state index contributed by atoms with van der Waals surface area (Å²) < 4.78 is 0. The average Bonchev–Trinajstić information content (AvgIpc) is 2.88. The van der Waals surface area contributed by atoms with Gasteiger partial charge in [0, 0.05) is 10.8 Å². The van der Waals surface area contributed by atoms with Crippen LogP contribution in [0.15, 0.2) is 17.5 Å². The summed E-state index contributed by atoms with van der Waals surface area (Å²) in [6.45, 7) is 2.33. The third kappa shape index (κ3) is 2.08. The van der Waals surface area contributed by atoms with E-state index in [0.717, 1.165) is 11.8 Å². The summed E-state index contributed by atoms with van der Waals surface area (Å²) in [6, 6.07) is 4.35. The maximum absolute atomic E-state index is 6.07. The normalized spacial score (nSPS) is 21.4. The number of rotatable bonds is 4. The molecule has 0 aliphatic heterocycles. The summed E-state index contributed by atoms with van der Waals surface area (Å²) in [6.07, 6.45) is 3.93. The van der Waals surface area contributed by atoms with Gasteiger partial charge in [-0.3, -0.25) is 0 Å². The molecular formula is C11H15ClS. The van der Waals surface area contributed by atoms with E-state index in [2.05, 4.69) is 24.4 Å². The number of thiophene rings is 1. The molecule has 0 N–H and O–H groups in total. The quantitative estimate of drug-likeness (QED) is 0.666. The van der Waals surface area contributed by atoms with Crippen LogP contribution in [0.4, 0.5) is 0 Å². The van der Waals surface area contributed by atoms with E-state index in [-0.39, 0.29) is 0 Å². The second-order valence-corrected chi connectivity index (χ2v) is 5.62. The summed E-state index contributed by atoms with van der Waals surface area (Å²) in [5.74, 6) is 1.68. The van der Waals surface area contributed by atoms with Gasteiger partial charge < -0.3 is 0 Å². The van der Waals surface area contributed by atoms with Crippen molar-refractivity contribution in [1.29, 1.82) is 0 Å². The molecule has 1 heterocycles. The molecule has 1 aliphatic carbocycles. The first-order valence-electron chi connectivity index (χ1n) is 4.83. The Morgan fingerprint density at radius 2 is 2.38 bits per heavy atom. The minimum absolute atomic E-state index is 0.354. The second-order valence-electron chi connectivity index (χ2n) is 4.32. The minimum Gasteiger partial charge on any atom is -0.149 e. The maximum atomic E-state index is 6.07. The summed E-state index contributed by atoms with van der Waals surface area (Å²) in [5.41, 5.74) is 0.354. The molecule has 0 bridgehead atoms. The number of hydrogen-bond donors (Lipinski definition) is 0. The fraction of sp³-hybridized carbons (Fsp3) is 0.636. The Bertz CT molecular complexity index is 264. The van der Waals surface area contributed by atoms with Crippen molar-refractivity contribution < 1.29 is 0 Å². The third-order valence-electron chi connectivity index (χ3n) is 3.03. The van der Waals surface area contributed by atoms with Crippen molar-refractivity contribution in [3.8, 4) is 0 Å². The van der Waals surface area contributed by atoms with Crippen molar-refractivity contribution in [1.82, 2.24) is 0 Å². The van der Waals surface area contributed by atoms with Crippen molar-refractivity contribution in [2.24, 2.45) is 11.3 Å². The molecule has 1 aromatic heterocycles. The van der Waals surface area contributed by atoms with Gasteiger partial charge in [0.15, 0.2) is 0 Å². The molecule has 1 atom stereocenters. The van der Waals surface area contributed by atoms with Crippen LogP contribution in [0.3, 0.4) is 0 Å². The van der Waals surface area contributed by atoms with Gasteiger partial charge in [-0.15, -0.1) is 22.9 Å². The van der Waals surface area contributed by atoms with E-state index in [1.54, 1.807) is 0 Å². The van der Waals surface area contributed by atoms with Crippen molar-refractivity contribution in [3.05, 3.63) is 22.4 Å². The molecule has 1 fully saturated rings. The molecule has 1 saturated carbocycles. The van der Waals surface area contributed by atoms with Gasteiger partial charge in [0.1, 0.15) is 0 Å². The lowest BCUT2D eigenvalue weighted by Gasteiger charge is -2.26. The largest absolute Gasteiger partial charge is 0.149 e. The molecular weight excluding hydrogens is 200 g/mol. The van der Waals surface area contributed by atoms with E-state index in [1.807, 2.05) is 11.3 Å². The fourth-order valence-corrected chi connectivity index (χ4v) is 3.11. The maximum Gasteiger partial charge on any atom is 0.0283 e. The molecule has 13 heavy (non-hydrogen) atoms. The van der Waals surface area contributed by atoms with Gasteiger partial charge in [-0.25, -0.2) is 0 Å². The second kappa shape index (κ2) is 3.62. The fourth-order valence-electron chi connectivity index (χ4n) is 1.89. The van der Waals surface area contributed by atoms with E-state index in [9.17, 15) is 0 Å². The Hall–Kier alpha value is -0.0100. The average molecular weight is 215 g/mol. The van der Waals surface area contributed by atoms with Gasteiger partial charge in [-0.05, 0) is 42.0 Å². The summed E-state index contributed by atoms with van der Waals surface area (Å²) in [4.78, 5) is 1.48. The number of hydrogen-bond acceptors (Lipinski definition) is 1. The van der Waals surface area contributed by atoms with E-state index in [1.165, 1.54) is 24.1 Å². The predicted octanol–water partition coefficient (Wildman–Crippen LogP) is 3.95. The van der Waals surface area contributed by atoms with Gasteiger partial charge in [0.2, 0.25) is 0 Å². The molecule has 0 nitrogen and oxygen atoms in total. The Morgan fingerprint density at radius 1 is 1.62 bits per heavy atom. The van der Waals surface area contributed by atoms with Crippen molar-refractivity contribution in [3.63, 3.8) is 0 Å². The summed E-state index contributed by atoms with van der Waals surface area (Å²) >= 11 is 7.92. The van der Waals surface area contributed by atoms with Crippen LogP contribution in [-0.2, 0) is 6.42 Å². The SMILES string of the molecule is CC(CCl)(Cc1cccs1)C1CC1. The van der Waals surface area contributed by atoms with Crippen LogP contribution in [0.2, 0.25) is 0 Å². The monoisotopic (exact) mass is 214 g/mol. The lowest BCUT2D eigenvalue weighted by molar-refractivity contribution is 0.316. The third-order valence-corrected chi connectivity index (χ3v) is 4.51. The van der Waals surface area contributed by atoms with Gasteiger partial charge in [0.05, 0.1) is 0 Å². The molecule has 0 radical (unpaired) electrons. The first-order chi connectivity index (χ1) is 6.24. The zero-order chi connectivity index (χ0) is 9.31. The van der Waals surface area contributed by atoms with Gasteiger partial charge >= 0.3 is 0 Å². The minimum atomic E-state index is 0.354. The van der Waals surface area contributed by atoms with Crippen LogP contribution < -0.4 is 0 Å². The molecule has 1 unspecified atom stereocenters. The van der Waals surface area contributed by atoms with Crippen LogP contribution in [0.25, 0.3) is 0 Å². The van der Waals surface area contributed by atoms with Crippen LogP contribution in [0.5, 0.6) is 0 Å². The Kier molecular flexibility index (Phi) is 2.66. The molecule has 1 aromatic rings. The molecule has 0 spiro atoms. The lowest BCUT2D eigenvalue weighted by atomic mass is 9.83. The Morgan fingerprint density at radius 3 is 2.85 bits per heavy atom. The van der Waals surface area contributed by atoms with E-state index >= 15 is 0 Å². The van der Waals surface area contributed by atoms with E-state index in [4.69, 9.17) is 11.6 Å². The van der Waals surface area contributed by atoms with Crippen molar-refractivity contribution in [2.75, 3.05) is 5.88 Å². The first-order valence-corrected chi connectivity index (χ1v) is 6.24. The van der Waals surface area contributed by atoms with E-state index in [0.29, 0.717) is 5.41 Å². The lowest BCUT2D eigenvalue weighted by Crippen LogP contribution is -2.23. The van der Waals surface area contributed by atoms with Gasteiger partial charge in [-0.1, -0.05) is 13.0 Å². The van der Waals surface area contributed by atoms with Gasteiger partial charge in [-0.2, -0.15) is 0 Å². The number of halogens is 1. The summed E-state index contributed by atoms with van der Waals surface area (Å²) in [5, 5.41) is 2.15. The molecule has 0 amide bonds. The van der Waals surface area contributed by atoms with Crippen LogP contribution in [-0.4, -0.2) is 5.88 Å².